The lowest BCUT2D eigenvalue weighted by Crippen LogP contribution is -2.23. The molecule has 6 heteroatoms. The molecule has 1 heterocycles. The van der Waals surface area contributed by atoms with Gasteiger partial charge in [-0.2, -0.15) is 9.78 Å². The van der Waals surface area contributed by atoms with Crippen LogP contribution in [0.2, 0.25) is 5.02 Å². The van der Waals surface area contributed by atoms with Crippen molar-refractivity contribution in [2.75, 3.05) is 0 Å². The fourth-order valence-corrected chi connectivity index (χ4v) is 2.85. The Morgan fingerprint density at radius 1 is 0.964 bits per heavy atom. The average Bonchev–Trinajstić information content (AvgIpc) is 2.74. The van der Waals surface area contributed by atoms with E-state index in [0.29, 0.717) is 27.5 Å². The van der Waals surface area contributed by atoms with Gasteiger partial charge in [0.2, 0.25) is 0 Å². The van der Waals surface area contributed by atoms with Crippen LogP contribution < -0.4 is 10.3 Å². The van der Waals surface area contributed by atoms with E-state index >= 15 is 0 Å². The van der Waals surface area contributed by atoms with E-state index < -0.39 is 0 Å². The van der Waals surface area contributed by atoms with Gasteiger partial charge in [0.25, 0.3) is 5.56 Å². The van der Waals surface area contributed by atoms with Gasteiger partial charge in [0.05, 0.1) is 17.1 Å². The molecule has 0 radical (unpaired) electrons. The Morgan fingerprint density at radius 2 is 1.68 bits per heavy atom. The van der Waals surface area contributed by atoms with Crippen LogP contribution in [0, 0.1) is 0 Å². The molecule has 0 saturated carbocycles. The molecule has 4 aromatic rings. The predicted molar refractivity (Wildman–Crippen MR) is 111 cm³/mol. The fraction of sp³-hybridized carbons (Fsp3) is 0.0455. The van der Waals surface area contributed by atoms with Gasteiger partial charge < -0.3 is 4.74 Å². The third-order valence-corrected chi connectivity index (χ3v) is 4.38. The second kappa shape index (κ2) is 8.06. The number of halogens is 1. The second-order valence-electron chi connectivity index (χ2n) is 6.06. The number of hydrogen-bond donors (Lipinski definition) is 0. The summed E-state index contributed by atoms with van der Waals surface area (Å²) in [7, 11) is 0. The van der Waals surface area contributed by atoms with Crippen molar-refractivity contribution in [3.63, 3.8) is 0 Å². The van der Waals surface area contributed by atoms with E-state index in [0.717, 1.165) is 5.56 Å². The Morgan fingerprint density at radius 3 is 2.46 bits per heavy atom. The van der Waals surface area contributed by atoms with Crippen LogP contribution in [0.3, 0.4) is 0 Å². The number of hydrogen-bond acceptors (Lipinski definition) is 4. The van der Waals surface area contributed by atoms with Gasteiger partial charge in [0.15, 0.2) is 5.82 Å². The monoisotopic (exact) mass is 389 g/mol. The summed E-state index contributed by atoms with van der Waals surface area (Å²) >= 11 is 5.92. The van der Waals surface area contributed by atoms with Crippen LogP contribution in [0.25, 0.3) is 10.9 Å². The molecule has 0 aliphatic carbocycles. The number of benzene rings is 3. The summed E-state index contributed by atoms with van der Waals surface area (Å²) in [5.74, 6) is 1.11. The third kappa shape index (κ3) is 3.94. The van der Waals surface area contributed by atoms with Crippen molar-refractivity contribution in [1.29, 1.82) is 0 Å². The molecular formula is C22H16ClN3O2. The normalized spacial score (nSPS) is 11.2. The van der Waals surface area contributed by atoms with Crippen LogP contribution in [0.1, 0.15) is 11.4 Å². The molecule has 0 aliphatic rings. The molecule has 0 aliphatic heterocycles. The minimum atomic E-state index is -0.248. The first-order valence-electron chi connectivity index (χ1n) is 8.69. The van der Waals surface area contributed by atoms with Crippen LogP contribution >= 0.6 is 11.6 Å². The molecule has 1 aromatic heterocycles. The number of fused-ring (bicyclic) bond motifs is 1. The van der Waals surface area contributed by atoms with Gasteiger partial charge >= 0.3 is 0 Å². The Bertz CT molecular complexity index is 1190. The van der Waals surface area contributed by atoms with Crippen molar-refractivity contribution in [2.45, 2.75) is 6.61 Å². The average molecular weight is 390 g/mol. The van der Waals surface area contributed by atoms with Gasteiger partial charge in [-0.25, -0.2) is 4.98 Å². The predicted octanol–water partition coefficient (Wildman–Crippen LogP) is 4.51. The first-order valence-corrected chi connectivity index (χ1v) is 9.07. The summed E-state index contributed by atoms with van der Waals surface area (Å²) in [6, 6.07) is 23.7. The zero-order valence-corrected chi connectivity index (χ0v) is 15.6. The SMILES string of the molecule is O=c1c2ccccc2nc(COc2ccccc2)n1/N=C\c1ccc(Cl)cc1. The Labute approximate surface area is 166 Å². The minimum Gasteiger partial charge on any atom is -0.486 e. The molecule has 0 spiro atoms. The molecule has 0 fully saturated rings. The van der Waals surface area contributed by atoms with Crippen molar-refractivity contribution in [2.24, 2.45) is 5.10 Å². The standard InChI is InChI=1S/C22H16ClN3O2/c23-17-12-10-16(11-13-17)14-24-26-21(15-28-18-6-2-1-3-7-18)25-20-9-5-4-8-19(20)22(26)27/h1-14H,15H2/b24-14-. The second-order valence-corrected chi connectivity index (χ2v) is 6.50. The molecule has 0 N–H and O–H groups in total. The molecule has 5 nitrogen and oxygen atoms in total. The van der Waals surface area contributed by atoms with Crippen molar-refractivity contribution < 1.29 is 4.74 Å². The third-order valence-electron chi connectivity index (χ3n) is 4.12. The molecule has 0 saturated heterocycles. The zero-order valence-electron chi connectivity index (χ0n) is 14.8. The number of rotatable bonds is 5. The maximum Gasteiger partial charge on any atom is 0.282 e. The van der Waals surface area contributed by atoms with Gasteiger partial charge in [0, 0.05) is 5.02 Å². The summed E-state index contributed by atoms with van der Waals surface area (Å²) in [5.41, 5.74) is 1.18. The first kappa shape index (κ1) is 17.9. The Balaban J connectivity index is 1.74. The number of para-hydroxylation sites is 2. The van der Waals surface area contributed by atoms with Gasteiger partial charge in [0.1, 0.15) is 12.4 Å². The maximum atomic E-state index is 13.0. The molecule has 4 rings (SSSR count). The van der Waals surface area contributed by atoms with Crippen LogP contribution in [-0.2, 0) is 6.61 Å². The van der Waals surface area contributed by atoms with Crippen molar-refractivity contribution >= 4 is 28.7 Å². The molecule has 0 bridgehead atoms. The number of ether oxygens (including phenoxy) is 1. The highest BCUT2D eigenvalue weighted by Crippen LogP contribution is 2.13. The van der Waals surface area contributed by atoms with E-state index in [4.69, 9.17) is 16.3 Å². The summed E-state index contributed by atoms with van der Waals surface area (Å²) in [4.78, 5) is 17.5. The quantitative estimate of drug-likeness (QED) is 0.472. The number of nitrogens with zero attached hydrogens (tertiary/aromatic N) is 3. The minimum absolute atomic E-state index is 0.113. The van der Waals surface area contributed by atoms with E-state index in [2.05, 4.69) is 10.1 Å². The summed E-state index contributed by atoms with van der Waals surface area (Å²) < 4.78 is 7.07. The highest BCUT2D eigenvalue weighted by atomic mass is 35.5. The van der Waals surface area contributed by atoms with Crippen LogP contribution in [0.15, 0.2) is 88.8 Å². The van der Waals surface area contributed by atoms with Crippen molar-refractivity contribution in [1.82, 2.24) is 9.66 Å². The summed E-state index contributed by atoms with van der Waals surface area (Å²) in [5, 5.41) is 5.50. The van der Waals surface area contributed by atoms with E-state index in [-0.39, 0.29) is 12.2 Å². The van der Waals surface area contributed by atoms with Crippen LogP contribution in [0.5, 0.6) is 5.75 Å². The van der Waals surface area contributed by atoms with Crippen LogP contribution in [0.4, 0.5) is 0 Å². The number of aromatic nitrogens is 2. The van der Waals surface area contributed by atoms with Crippen LogP contribution in [-0.4, -0.2) is 15.9 Å². The van der Waals surface area contributed by atoms with E-state index in [1.165, 1.54) is 4.68 Å². The first-order chi connectivity index (χ1) is 13.7. The van der Waals surface area contributed by atoms with Gasteiger partial charge in [-0.3, -0.25) is 4.79 Å². The highest BCUT2D eigenvalue weighted by molar-refractivity contribution is 6.30. The molecule has 138 valence electrons. The summed E-state index contributed by atoms with van der Waals surface area (Å²) in [6.45, 7) is 0.113. The largest absolute Gasteiger partial charge is 0.486 e. The zero-order chi connectivity index (χ0) is 19.3. The molecule has 0 amide bonds. The lowest BCUT2D eigenvalue weighted by Gasteiger charge is -2.10. The van der Waals surface area contributed by atoms with E-state index in [9.17, 15) is 4.79 Å². The molecule has 3 aromatic carbocycles. The molecule has 0 atom stereocenters. The lowest BCUT2D eigenvalue weighted by molar-refractivity contribution is 0.289. The molecular weight excluding hydrogens is 374 g/mol. The smallest absolute Gasteiger partial charge is 0.282 e. The Kier molecular flexibility index (Phi) is 5.17. The highest BCUT2D eigenvalue weighted by Gasteiger charge is 2.11. The molecule has 0 unspecified atom stereocenters. The summed E-state index contributed by atoms with van der Waals surface area (Å²) in [6.07, 6.45) is 1.60. The van der Waals surface area contributed by atoms with Gasteiger partial charge in [-0.15, -0.1) is 0 Å². The van der Waals surface area contributed by atoms with E-state index in [1.807, 2.05) is 48.5 Å². The van der Waals surface area contributed by atoms with Crippen molar-refractivity contribution in [3.8, 4) is 5.75 Å². The van der Waals surface area contributed by atoms with Gasteiger partial charge in [-0.1, -0.05) is 54.1 Å². The van der Waals surface area contributed by atoms with E-state index in [1.54, 1.807) is 36.5 Å². The Hall–Kier alpha value is -3.44. The van der Waals surface area contributed by atoms with Crippen molar-refractivity contribution in [3.05, 3.63) is 106 Å². The maximum absolute atomic E-state index is 13.0. The van der Waals surface area contributed by atoms with Gasteiger partial charge in [-0.05, 0) is 42.0 Å². The topological polar surface area (TPSA) is 56.5 Å². The molecule has 28 heavy (non-hydrogen) atoms. The lowest BCUT2D eigenvalue weighted by atomic mass is 10.2. The fourth-order valence-electron chi connectivity index (χ4n) is 2.72.